The molecule has 1 saturated heterocycles. The van der Waals surface area contributed by atoms with Crippen LogP contribution in [0.4, 0.5) is 0 Å². The first-order valence-corrected chi connectivity index (χ1v) is 12.7. The minimum Gasteiger partial charge on any atom is -0.352 e. The van der Waals surface area contributed by atoms with E-state index < -0.39 is 10.0 Å². The number of carbonyl (C=O) groups is 1. The largest absolute Gasteiger partial charge is 0.352 e. The van der Waals surface area contributed by atoms with Crippen LogP contribution in [0.2, 0.25) is 0 Å². The molecule has 7 heteroatoms. The zero-order chi connectivity index (χ0) is 20.9. The summed E-state index contributed by atoms with van der Waals surface area (Å²) >= 11 is 0. The van der Waals surface area contributed by atoms with Gasteiger partial charge in [0.2, 0.25) is 15.9 Å². The third kappa shape index (κ3) is 5.00. The van der Waals surface area contributed by atoms with E-state index in [2.05, 4.69) is 17.2 Å². The van der Waals surface area contributed by atoms with Gasteiger partial charge in [0.05, 0.1) is 5.75 Å². The van der Waals surface area contributed by atoms with Crippen molar-refractivity contribution in [2.24, 2.45) is 5.92 Å². The Bertz CT molecular complexity index is 768. The van der Waals surface area contributed by atoms with E-state index in [1.165, 1.54) is 6.42 Å². The highest BCUT2D eigenvalue weighted by molar-refractivity contribution is 7.89. The molecule has 1 aromatic heterocycles. The summed E-state index contributed by atoms with van der Waals surface area (Å²) in [5, 5.41) is 3.29. The van der Waals surface area contributed by atoms with Gasteiger partial charge in [0.25, 0.3) is 0 Å². The lowest BCUT2D eigenvalue weighted by Gasteiger charge is -2.45. The average molecular weight is 422 g/mol. The Balaban J connectivity index is 1.78. The highest BCUT2D eigenvalue weighted by atomic mass is 32.2. The van der Waals surface area contributed by atoms with Crippen LogP contribution in [-0.2, 0) is 20.2 Å². The monoisotopic (exact) mass is 421 g/mol. The summed E-state index contributed by atoms with van der Waals surface area (Å²) in [5.74, 6) is 0.447. The van der Waals surface area contributed by atoms with Gasteiger partial charge in [0.1, 0.15) is 0 Å². The maximum absolute atomic E-state index is 12.9. The van der Waals surface area contributed by atoms with Crippen LogP contribution in [0.5, 0.6) is 0 Å². The lowest BCUT2D eigenvalue weighted by Crippen LogP contribution is -2.56. The normalized spacial score (nSPS) is 22.1. The van der Waals surface area contributed by atoms with Gasteiger partial charge in [-0.05, 0) is 51.2 Å². The number of aromatic nitrogens is 1. The van der Waals surface area contributed by atoms with Crippen molar-refractivity contribution in [3.63, 3.8) is 0 Å². The molecule has 29 heavy (non-hydrogen) atoms. The Kier molecular flexibility index (Phi) is 7.32. The quantitative estimate of drug-likeness (QED) is 0.733. The van der Waals surface area contributed by atoms with Crippen molar-refractivity contribution < 1.29 is 13.2 Å². The highest BCUT2D eigenvalue weighted by Crippen LogP contribution is 2.39. The zero-order valence-corrected chi connectivity index (χ0v) is 18.6. The van der Waals surface area contributed by atoms with Crippen LogP contribution in [0.15, 0.2) is 24.4 Å². The highest BCUT2D eigenvalue weighted by Gasteiger charge is 2.45. The van der Waals surface area contributed by atoms with Crippen LogP contribution in [0, 0.1) is 5.92 Å². The van der Waals surface area contributed by atoms with Gasteiger partial charge in [-0.15, -0.1) is 0 Å². The number of pyridine rings is 1. The Labute approximate surface area is 175 Å². The lowest BCUT2D eigenvalue weighted by molar-refractivity contribution is -0.127. The standard InChI is InChI=1S/C22H35N3O3S/c1-3-17-29(27,28)25-15-12-22(13-16-25,20-11-7-8-14-23-20)18(2)24-21(26)19-9-5-4-6-10-19/h7-8,11,14,18-19H,3-6,9-10,12-13,15-17H2,1-2H3,(H,24,26)/t18-/m0/s1. The molecule has 3 rings (SSSR count). The summed E-state index contributed by atoms with van der Waals surface area (Å²) in [7, 11) is -3.21. The van der Waals surface area contributed by atoms with Gasteiger partial charge in [-0.25, -0.2) is 12.7 Å². The Morgan fingerprint density at radius 3 is 2.52 bits per heavy atom. The van der Waals surface area contributed by atoms with Gasteiger partial charge in [0, 0.05) is 42.4 Å². The molecule has 162 valence electrons. The summed E-state index contributed by atoms with van der Waals surface area (Å²) in [6.07, 6.45) is 9.16. The van der Waals surface area contributed by atoms with E-state index in [1.54, 1.807) is 10.5 Å². The number of nitrogens with zero attached hydrogens (tertiary/aromatic N) is 2. The average Bonchev–Trinajstić information content (AvgIpc) is 2.75. The summed E-state index contributed by atoms with van der Waals surface area (Å²) in [6.45, 7) is 4.90. The maximum atomic E-state index is 12.9. The Morgan fingerprint density at radius 1 is 1.24 bits per heavy atom. The van der Waals surface area contributed by atoms with Crippen LogP contribution >= 0.6 is 0 Å². The molecule has 1 aliphatic heterocycles. The number of sulfonamides is 1. The minimum atomic E-state index is -3.21. The van der Waals surface area contributed by atoms with Crippen LogP contribution in [0.1, 0.15) is 70.9 Å². The third-order valence-corrected chi connectivity index (χ3v) is 8.88. The molecule has 0 bridgehead atoms. The van der Waals surface area contributed by atoms with Gasteiger partial charge in [0.15, 0.2) is 0 Å². The molecule has 2 fully saturated rings. The molecule has 2 heterocycles. The van der Waals surface area contributed by atoms with Crippen molar-refractivity contribution in [2.45, 2.75) is 76.7 Å². The molecule has 1 N–H and O–H groups in total. The van der Waals surface area contributed by atoms with Crippen molar-refractivity contribution in [3.05, 3.63) is 30.1 Å². The fourth-order valence-corrected chi connectivity index (χ4v) is 6.47. The Hall–Kier alpha value is -1.47. The molecule has 6 nitrogen and oxygen atoms in total. The second kappa shape index (κ2) is 9.56. The summed E-state index contributed by atoms with van der Waals surface area (Å²) in [5.41, 5.74) is 0.605. The zero-order valence-electron chi connectivity index (χ0n) is 17.8. The van der Waals surface area contributed by atoms with E-state index in [9.17, 15) is 13.2 Å². The van der Waals surface area contributed by atoms with Gasteiger partial charge in [-0.1, -0.05) is 32.3 Å². The topological polar surface area (TPSA) is 79.4 Å². The fraction of sp³-hybridized carbons (Fsp3) is 0.727. The van der Waals surface area contributed by atoms with Crippen LogP contribution in [-0.4, -0.2) is 48.5 Å². The second-order valence-corrected chi connectivity index (χ2v) is 10.7. The van der Waals surface area contributed by atoms with Crippen LogP contribution in [0.3, 0.4) is 0 Å². The first-order chi connectivity index (χ1) is 13.9. The molecule has 1 saturated carbocycles. The molecule has 1 aromatic rings. The number of nitrogens with one attached hydrogen (secondary N) is 1. The fourth-order valence-electron chi connectivity index (χ4n) is 4.95. The number of piperidine rings is 1. The van der Waals surface area contributed by atoms with E-state index in [0.29, 0.717) is 32.4 Å². The molecule has 2 aliphatic rings. The van der Waals surface area contributed by atoms with Crippen molar-refractivity contribution in [2.75, 3.05) is 18.8 Å². The first-order valence-electron chi connectivity index (χ1n) is 11.1. The molecular formula is C22H35N3O3S. The predicted octanol–water partition coefficient (Wildman–Crippen LogP) is 3.24. The number of hydrogen-bond acceptors (Lipinski definition) is 4. The van der Waals surface area contributed by atoms with E-state index >= 15 is 0 Å². The lowest BCUT2D eigenvalue weighted by atomic mass is 9.70. The van der Waals surface area contributed by atoms with Crippen LogP contribution in [0.25, 0.3) is 0 Å². The van der Waals surface area contributed by atoms with Gasteiger partial charge in [-0.3, -0.25) is 9.78 Å². The second-order valence-electron chi connectivity index (χ2n) is 8.65. The van der Waals surface area contributed by atoms with Crippen molar-refractivity contribution in [1.29, 1.82) is 0 Å². The molecule has 1 atom stereocenters. The summed E-state index contributed by atoms with van der Waals surface area (Å²) in [6, 6.07) is 5.78. The third-order valence-electron chi connectivity index (χ3n) is 6.81. The molecule has 0 spiro atoms. The van der Waals surface area contributed by atoms with Crippen molar-refractivity contribution in [3.8, 4) is 0 Å². The molecule has 1 amide bonds. The number of amides is 1. The predicted molar refractivity (Wildman–Crippen MR) is 115 cm³/mol. The Morgan fingerprint density at radius 2 is 1.93 bits per heavy atom. The van der Waals surface area contributed by atoms with Crippen molar-refractivity contribution >= 4 is 15.9 Å². The molecule has 0 radical (unpaired) electrons. The van der Waals surface area contributed by atoms with Crippen molar-refractivity contribution in [1.82, 2.24) is 14.6 Å². The molecular weight excluding hydrogens is 386 g/mol. The molecule has 1 aliphatic carbocycles. The number of rotatable bonds is 7. The molecule has 0 unspecified atom stereocenters. The minimum absolute atomic E-state index is 0.0946. The maximum Gasteiger partial charge on any atom is 0.223 e. The smallest absolute Gasteiger partial charge is 0.223 e. The summed E-state index contributed by atoms with van der Waals surface area (Å²) < 4.78 is 26.7. The SMILES string of the molecule is CCCS(=O)(=O)N1CCC(c2ccccn2)([C@H](C)NC(=O)C2CCCCC2)CC1. The van der Waals surface area contributed by atoms with Gasteiger partial charge in [-0.2, -0.15) is 0 Å². The molecule has 0 aromatic carbocycles. The number of carbonyl (C=O) groups excluding carboxylic acids is 1. The van der Waals surface area contributed by atoms with E-state index in [0.717, 1.165) is 31.4 Å². The number of hydrogen-bond donors (Lipinski definition) is 1. The van der Waals surface area contributed by atoms with E-state index in [1.807, 2.05) is 25.1 Å². The summed E-state index contributed by atoms with van der Waals surface area (Å²) in [4.78, 5) is 17.5. The van der Waals surface area contributed by atoms with Gasteiger partial charge >= 0.3 is 0 Å². The van der Waals surface area contributed by atoms with E-state index in [4.69, 9.17) is 0 Å². The van der Waals surface area contributed by atoms with Gasteiger partial charge < -0.3 is 5.32 Å². The first kappa shape index (κ1) is 22.2. The van der Waals surface area contributed by atoms with Crippen LogP contribution < -0.4 is 5.32 Å². The van der Waals surface area contributed by atoms with E-state index in [-0.39, 0.29) is 29.0 Å².